The van der Waals surface area contributed by atoms with Crippen LogP contribution >= 0.6 is 0 Å². The molecule has 1 aromatic carbocycles. The quantitative estimate of drug-likeness (QED) is 0.0944. The van der Waals surface area contributed by atoms with Gasteiger partial charge in [-0.15, -0.1) is 0 Å². The zero-order valence-corrected chi connectivity index (χ0v) is 25.8. The molecule has 0 N–H and O–H groups in total. The molecule has 0 aliphatic heterocycles. The monoisotopic (exact) mass is 571 g/mol. The van der Waals surface area contributed by atoms with E-state index in [1.165, 1.54) is 12.3 Å². The lowest BCUT2D eigenvalue weighted by atomic mass is 10.0. The van der Waals surface area contributed by atoms with Crippen LogP contribution in [-0.4, -0.2) is 53.2 Å². The number of benzene rings is 1. The van der Waals surface area contributed by atoms with Crippen molar-refractivity contribution in [1.82, 2.24) is 9.88 Å². The van der Waals surface area contributed by atoms with Gasteiger partial charge in [0.2, 0.25) is 11.8 Å². The summed E-state index contributed by atoms with van der Waals surface area (Å²) in [6, 6.07) is 3.35. The van der Waals surface area contributed by atoms with Crippen LogP contribution in [0.4, 0.5) is 4.39 Å². The molecule has 1 aromatic heterocycles. The van der Waals surface area contributed by atoms with Gasteiger partial charge in [0, 0.05) is 18.7 Å². The summed E-state index contributed by atoms with van der Waals surface area (Å²) in [7, 11) is 0. The van der Waals surface area contributed by atoms with Gasteiger partial charge in [-0.05, 0) is 71.6 Å². The van der Waals surface area contributed by atoms with Gasteiger partial charge in [0.15, 0.2) is 17.2 Å². The van der Waals surface area contributed by atoms with Gasteiger partial charge < -0.3 is 18.6 Å². The second-order valence-electron chi connectivity index (χ2n) is 10.4. The van der Waals surface area contributed by atoms with Gasteiger partial charge in [-0.2, -0.15) is 0 Å². The number of aliphatic imine (C=N–C) groups is 1. The van der Waals surface area contributed by atoms with E-state index in [-0.39, 0.29) is 18.5 Å². The SMILES string of the molecule is CC/C=C\C=C(/C)C(=NCCN(Cc1cc(F)c(OC(C)(C)C(=O)OCC)c(CC)c1)Cc1ncco1)OC(C)C. The topological polar surface area (TPSA) is 86.4 Å². The number of rotatable bonds is 16. The number of aromatic nitrogens is 1. The third kappa shape index (κ3) is 11.1. The molecule has 0 aliphatic carbocycles. The van der Waals surface area contributed by atoms with Crippen LogP contribution in [0.25, 0.3) is 0 Å². The summed E-state index contributed by atoms with van der Waals surface area (Å²) in [5, 5.41) is 0. The number of halogens is 1. The smallest absolute Gasteiger partial charge is 0.349 e. The fourth-order valence-corrected chi connectivity index (χ4v) is 3.97. The third-order valence-corrected chi connectivity index (χ3v) is 6.01. The van der Waals surface area contributed by atoms with Crippen molar-refractivity contribution < 1.29 is 27.8 Å². The van der Waals surface area contributed by atoms with Crippen LogP contribution in [0.3, 0.4) is 0 Å². The summed E-state index contributed by atoms with van der Waals surface area (Å²) in [6.07, 6.45) is 10.7. The molecular weight excluding hydrogens is 525 g/mol. The number of hydrogen-bond acceptors (Lipinski definition) is 8. The first-order valence-corrected chi connectivity index (χ1v) is 14.3. The Morgan fingerprint density at radius 1 is 1.22 bits per heavy atom. The van der Waals surface area contributed by atoms with Gasteiger partial charge >= 0.3 is 5.97 Å². The molecule has 226 valence electrons. The van der Waals surface area contributed by atoms with Gasteiger partial charge in [-0.25, -0.2) is 14.2 Å². The molecule has 0 atom stereocenters. The van der Waals surface area contributed by atoms with E-state index in [9.17, 15) is 4.79 Å². The molecule has 8 nitrogen and oxygen atoms in total. The van der Waals surface area contributed by atoms with Crippen molar-refractivity contribution in [3.63, 3.8) is 0 Å². The molecule has 0 fully saturated rings. The summed E-state index contributed by atoms with van der Waals surface area (Å²) in [4.78, 5) is 23.5. The van der Waals surface area contributed by atoms with Crippen molar-refractivity contribution in [2.75, 3.05) is 19.7 Å². The van der Waals surface area contributed by atoms with Crippen LogP contribution in [0, 0.1) is 5.82 Å². The Bertz CT molecular complexity index is 1190. The predicted octanol–water partition coefficient (Wildman–Crippen LogP) is 6.83. The largest absolute Gasteiger partial charge is 0.475 e. The summed E-state index contributed by atoms with van der Waals surface area (Å²) >= 11 is 0. The highest BCUT2D eigenvalue weighted by atomic mass is 19.1. The van der Waals surface area contributed by atoms with Crippen LogP contribution in [0.2, 0.25) is 0 Å². The molecule has 2 aromatic rings. The molecule has 0 unspecified atom stereocenters. The van der Waals surface area contributed by atoms with Crippen molar-refractivity contribution in [3.05, 3.63) is 71.2 Å². The molecule has 0 bridgehead atoms. The highest BCUT2D eigenvalue weighted by Crippen LogP contribution is 2.30. The van der Waals surface area contributed by atoms with Crippen molar-refractivity contribution in [2.45, 2.75) is 93.0 Å². The van der Waals surface area contributed by atoms with E-state index < -0.39 is 17.4 Å². The number of aryl methyl sites for hydroxylation is 1. The lowest BCUT2D eigenvalue weighted by Crippen LogP contribution is -2.40. The second kappa shape index (κ2) is 16.7. The Hall–Kier alpha value is -3.46. The molecule has 2 rings (SSSR count). The zero-order valence-electron chi connectivity index (χ0n) is 25.8. The number of carbonyl (C=O) groups excluding carboxylic acids is 1. The summed E-state index contributed by atoms with van der Waals surface area (Å²) in [5.74, 6) is 0.144. The Kier molecular flexibility index (Phi) is 13.8. The lowest BCUT2D eigenvalue weighted by Gasteiger charge is -2.26. The number of hydrogen-bond donors (Lipinski definition) is 0. The van der Waals surface area contributed by atoms with Crippen molar-refractivity contribution in [1.29, 1.82) is 0 Å². The standard InChI is InChI=1S/C32H46FN3O5/c1-9-12-13-14-24(6)30(40-23(4)5)35-15-17-36(22-28-34-16-18-39-28)21-25-19-26(10-2)29(27(33)20-25)41-32(7,8)31(37)38-11-3/h12-14,16,18-20,23H,9-11,15,17,21-22H2,1-8H3/b13-12-,24-14+,35-30?. The van der Waals surface area contributed by atoms with Crippen molar-refractivity contribution in [2.24, 2.45) is 4.99 Å². The van der Waals surface area contributed by atoms with Gasteiger partial charge in [-0.3, -0.25) is 9.89 Å². The Balaban J connectivity index is 2.29. The summed E-state index contributed by atoms with van der Waals surface area (Å²) in [5.41, 5.74) is 1.04. The first kappa shape index (κ1) is 33.7. The average molecular weight is 572 g/mol. The molecule has 1 heterocycles. The predicted molar refractivity (Wildman–Crippen MR) is 159 cm³/mol. The fourth-order valence-electron chi connectivity index (χ4n) is 3.97. The van der Waals surface area contributed by atoms with E-state index in [1.807, 2.05) is 45.9 Å². The summed E-state index contributed by atoms with van der Waals surface area (Å²) in [6.45, 7) is 16.9. The van der Waals surface area contributed by atoms with E-state index in [1.54, 1.807) is 27.0 Å². The number of nitrogens with zero attached hydrogens (tertiary/aromatic N) is 3. The van der Waals surface area contributed by atoms with E-state index in [4.69, 9.17) is 23.6 Å². The van der Waals surface area contributed by atoms with Gasteiger partial charge in [-0.1, -0.05) is 38.1 Å². The highest BCUT2D eigenvalue weighted by Gasteiger charge is 2.33. The number of allylic oxidation sites excluding steroid dienone is 3. The average Bonchev–Trinajstić information content (AvgIpc) is 3.42. The molecule has 0 aliphatic rings. The van der Waals surface area contributed by atoms with E-state index in [2.05, 4.69) is 22.9 Å². The maximum absolute atomic E-state index is 15.4. The van der Waals surface area contributed by atoms with Crippen LogP contribution in [-0.2, 0) is 33.8 Å². The van der Waals surface area contributed by atoms with E-state index in [0.29, 0.717) is 50.0 Å². The summed E-state index contributed by atoms with van der Waals surface area (Å²) < 4.78 is 37.9. The normalized spacial score (nSPS) is 13.0. The van der Waals surface area contributed by atoms with E-state index in [0.717, 1.165) is 17.6 Å². The molecule has 0 radical (unpaired) electrons. The fraction of sp³-hybridized carbons (Fsp3) is 0.531. The second-order valence-corrected chi connectivity index (χ2v) is 10.4. The maximum atomic E-state index is 15.4. The number of carbonyl (C=O) groups is 1. The Morgan fingerprint density at radius 3 is 2.59 bits per heavy atom. The van der Waals surface area contributed by atoms with Crippen LogP contribution in [0.5, 0.6) is 5.75 Å². The molecular formula is C32H46FN3O5. The molecule has 0 spiro atoms. The van der Waals surface area contributed by atoms with Crippen LogP contribution < -0.4 is 4.74 Å². The van der Waals surface area contributed by atoms with Gasteiger partial charge in [0.25, 0.3) is 0 Å². The molecule has 0 amide bonds. The number of ether oxygens (including phenoxy) is 3. The molecule has 41 heavy (non-hydrogen) atoms. The minimum Gasteiger partial charge on any atom is -0.475 e. The highest BCUT2D eigenvalue weighted by molar-refractivity contribution is 5.93. The first-order chi connectivity index (χ1) is 19.5. The maximum Gasteiger partial charge on any atom is 0.349 e. The van der Waals surface area contributed by atoms with Crippen LogP contribution in [0.15, 0.2) is 57.8 Å². The van der Waals surface area contributed by atoms with E-state index >= 15 is 4.39 Å². The van der Waals surface area contributed by atoms with Crippen molar-refractivity contribution in [3.8, 4) is 5.75 Å². The van der Waals surface area contributed by atoms with Crippen molar-refractivity contribution >= 4 is 11.9 Å². The minimum atomic E-state index is -1.33. The third-order valence-electron chi connectivity index (χ3n) is 6.01. The van der Waals surface area contributed by atoms with Gasteiger partial charge in [0.05, 0.1) is 32.0 Å². The Labute approximate surface area is 244 Å². The Morgan fingerprint density at radius 2 is 1.98 bits per heavy atom. The molecule has 9 heteroatoms. The number of oxazole rings is 1. The molecule has 0 saturated heterocycles. The number of esters is 1. The lowest BCUT2D eigenvalue weighted by molar-refractivity contribution is -0.158. The minimum absolute atomic E-state index is 0.0133. The first-order valence-electron chi connectivity index (χ1n) is 14.3. The zero-order chi connectivity index (χ0) is 30.4. The molecule has 0 saturated carbocycles. The van der Waals surface area contributed by atoms with Gasteiger partial charge in [0.1, 0.15) is 6.26 Å². The van der Waals surface area contributed by atoms with Crippen LogP contribution in [0.1, 0.15) is 78.8 Å².